The van der Waals surface area contributed by atoms with Crippen molar-refractivity contribution in [2.45, 2.75) is 4.90 Å². The zero-order valence-corrected chi connectivity index (χ0v) is 13.2. The number of anilines is 1. The van der Waals surface area contributed by atoms with Crippen molar-refractivity contribution < 1.29 is 18.7 Å². The van der Waals surface area contributed by atoms with E-state index in [0.29, 0.717) is 9.90 Å². The largest absolute Gasteiger partial charge is 0.468 e. The van der Waals surface area contributed by atoms with Crippen molar-refractivity contribution in [3.8, 4) is 0 Å². The quantitative estimate of drug-likeness (QED) is 0.126. The summed E-state index contributed by atoms with van der Waals surface area (Å²) in [7, 11) is 1.27. The third kappa shape index (κ3) is 4.81. The fraction of sp³-hybridized carbons (Fsp3) is 0.182. The highest BCUT2D eigenvalue weighted by atomic mass is 35.5. The molecular formula is C11H11ClFN3O3S2. The molecule has 1 rings (SSSR count). The maximum atomic E-state index is 13.8. The van der Waals surface area contributed by atoms with Crippen molar-refractivity contribution in [2.75, 3.05) is 17.3 Å². The summed E-state index contributed by atoms with van der Waals surface area (Å²) >= 11 is 11.8. The second-order valence-corrected chi connectivity index (χ2v) is 5.31. The molecule has 0 bridgehead atoms. The number of halogens is 2. The SMILES string of the molecule is COC(=O)CSc1ccc(F)c(N(Cl)C(=S)N(N)C=O)c1. The second kappa shape index (κ2) is 8.13. The number of carbonyl (C=O) groups is 2. The molecule has 0 fully saturated rings. The van der Waals surface area contributed by atoms with Crippen molar-refractivity contribution in [2.24, 2.45) is 5.84 Å². The lowest BCUT2D eigenvalue weighted by Gasteiger charge is -2.21. The van der Waals surface area contributed by atoms with E-state index in [-0.39, 0.29) is 23.0 Å². The summed E-state index contributed by atoms with van der Waals surface area (Å²) in [5.74, 6) is 4.25. The minimum Gasteiger partial charge on any atom is -0.468 e. The maximum Gasteiger partial charge on any atom is 0.315 e. The van der Waals surface area contributed by atoms with Crippen LogP contribution in [-0.2, 0) is 14.3 Å². The van der Waals surface area contributed by atoms with Gasteiger partial charge in [0.2, 0.25) is 11.5 Å². The molecule has 0 aliphatic carbocycles. The lowest BCUT2D eigenvalue weighted by molar-refractivity contribution is -0.137. The minimum atomic E-state index is -0.658. The van der Waals surface area contributed by atoms with Crippen molar-refractivity contribution in [3.63, 3.8) is 0 Å². The number of methoxy groups -OCH3 is 1. The van der Waals surface area contributed by atoms with E-state index in [1.165, 1.54) is 19.2 Å². The first-order valence-electron chi connectivity index (χ1n) is 5.39. The lowest BCUT2D eigenvalue weighted by Crippen LogP contribution is -2.42. The highest BCUT2D eigenvalue weighted by Crippen LogP contribution is 2.28. The summed E-state index contributed by atoms with van der Waals surface area (Å²) in [6, 6.07) is 4.01. The van der Waals surface area contributed by atoms with Crippen molar-refractivity contribution in [3.05, 3.63) is 24.0 Å². The van der Waals surface area contributed by atoms with Gasteiger partial charge in [-0.3, -0.25) is 9.59 Å². The summed E-state index contributed by atoms with van der Waals surface area (Å²) in [4.78, 5) is 22.2. The zero-order chi connectivity index (χ0) is 16.0. The molecule has 0 aliphatic rings. The Labute approximate surface area is 135 Å². The Balaban J connectivity index is 2.93. The first-order chi connectivity index (χ1) is 9.90. The number of thioether (sulfide) groups is 1. The van der Waals surface area contributed by atoms with Crippen LogP contribution in [0.2, 0.25) is 0 Å². The number of hydrogen-bond donors (Lipinski definition) is 1. The standard InChI is InChI=1S/C11H11ClFN3O3S2/c1-19-10(18)5-21-7-2-3-8(13)9(4-7)16(12)11(20)15(14)6-17/h2-4,6H,5,14H2,1H3. The Morgan fingerprint density at radius 1 is 1.62 bits per heavy atom. The van der Waals surface area contributed by atoms with Crippen LogP contribution in [0.5, 0.6) is 0 Å². The van der Waals surface area contributed by atoms with Gasteiger partial charge < -0.3 is 4.74 Å². The van der Waals surface area contributed by atoms with E-state index in [9.17, 15) is 14.0 Å². The number of esters is 1. The summed E-state index contributed by atoms with van der Waals surface area (Å²) < 4.78 is 19.0. The first kappa shape index (κ1) is 17.6. The zero-order valence-electron chi connectivity index (χ0n) is 10.8. The molecule has 1 aromatic carbocycles. The molecule has 0 atom stereocenters. The Hall–Kier alpha value is -1.42. The normalized spacial score (nSPS) is 9.90. The molecular weight excluding hydrogens is 341 g/mol. The molecule has 1 amide bonds. The molecule has 0 saturated heterocycles. The average molecular weight is 352 g/mol. The predicted octanol–water partition coefficient (Wildman–Crippen LogP) is 1.67. The van der Waals surface area contributed by atoms with Gasteiger partial charge in [0, 0.05) is 16.7 Å². The van der Waals surface area contributed by atoms with Crippen LogP contribution < -0.4 is 10.3 Å². The van der Waals surface area contributed by atoms with Crippen LogP contribution in [0.25, 0.3) is 0 Å². The number of ether oxygens (including phenoxy) is 1. The van der Waals surface area contributed by atoms with Gasteiger partial charge in [-0.1, -0.05) is 0 Å². The van der Waals surface area contributed by atoms with E-state index in [1.54, 1.807) is 0 Å². The van der Waals surface area contributed by atoms with Crippen molar-refractivity contribution in [1.29, 1.82) is 0 Å². The van der Waals surface area contributed by atoms with E-state index in [4.69, 9.17) is 29.8 Å². The average Bonchev–Trinajstić information content (AvgIpc) is 2.51. The number of benzene rings is 1. The number of nitrogens with two attached hydrogens (primary N) is 1. The number of amides is 1. The van der Waals surface area contributed by atoms with Crippen LogP contribution in [-0.4, -0.2) is 35.4 Å². The van der Waals surface area contributed by atoms with E-state index in [1.807, 2.05) is 0 Å². The van der Waals surface area contributed by atoms with Crippen molar-refractivity contribution >= 4 is 58.9 Å². The molecule has 21 heavy (non-hydrogen) atoms. The van der Waals surface area contributed by atoms with Gasteiger partial charge in [0.05, 0.1) is 18.6 Å². The van der Waals surface area contributed by atoms with Crippen LogP contribution in [0.4, 0.5) is 10.1 Å². The fourth-order valence-corrected chi connectivity index (χ4v) is 2.30. The number of rotatable bonds is 5. The monoisotopic (exact) mass is 351 g/mol. The number of thiocarbonyl (C=S) groups is 1. The van der Waals surface area contributed by atoms with E-state index in [2.05, 4.69) is 4.74 Å². The summed E-state index contributed by atoms with van der Waals surface area (Å²) in [5, 5.41) is 0.247. The molecule has 10 heteroatoms. The van der Waals surface area contributed by atoms with E-state index < -0.39 is 11.8 Å². The van der Waals surface area contributed by atoms with Crippen LogP contribution in [0, 0.1) is 5.82 Å². The molecule has 0 aromatic heterocycles. The van der Waals surface area contributed by atoms with Gasteiger partial charge in [-0.25, -0.2) is 19.7 Å². The number of carbonyl (C=O) groups excluding carboxylic acids is 2. The highest BCUT2D eigenvalue weighted by Gasteiger charge is 2.18. The summed E-state index contributed by atoms with van der Waals surface area (Å²) in [6.07, 6.45) is 0.242. The van der Waals surface area contributed by atoms with Gasteiger partial charge in [-0.2, -0.15) is 0 Å². The molecule has 0 saturated carbocycles. The second-order valence-electron chi connectivity index (χ2n) is 3.55. The highest BCUT2D eigenvalue weighted by molar-refractivity contribution is 8.00. The van der Waals surface area contributed by atoms with E-state index >= 15 is 0 Å². The lowest BCUT2D eigenvalue weighted by atomic mass is 10.3. The van der Waals surface area contributed by atoms with Crippen molar-refractivity contribution in [1.82, 2.24) is 5.01 Å². The number of nitrogens with zero attached hydrogens (tertiary/aromatic N) is 2. The fourth-order valence-electron chi connectivity index (χ4n) is 1.18. The minimum absolute atomic E-state index is 0.0612. The predicted molar refractivity (Wildman–Crippen MR) is 82.2 cm³/mol. The molecule has 1 aromatic rings. The van der Waals surface area contributed by atoms with Crippen LogP contribution in [0.15, 0.2) is 23.1 Å². The number of hydrazine groups is 1. The Morgan fingerprint density at radius 3 is 2.86 bits per heavy atom. The molecule has 0 unspecified atom stereocenters. The van der Waals surface area contributed by atoms with Crippen LogP contribution in [0.3, 0.4) is 0 Å². The van der Waals surface area contributed by atoms with E-state index in [0.717, 1.165) is 22.2 Å². The topological polar surface area (TPSA) is 75.9 Å². The van der Waals surface area contributed by atoms with Crippen LogP contribution in [0.1, 0.15) is 0 Å². The van der Waals surface area contributed by atoms with Gasteiger partial charge in [0.25, 0.3) is 0 Å². The molecule has 6 nitrogen and oxygen atoms in total. The van der Waals surface area contributed by atoms with Gasteiger partial charge in [0.1, 0.15) is 5.82 Å². The molecule has 0 aliphatic heterocycles. The Kier molecular flexibility index (Phi) is 6.82. The summed E-state index contributed by atoms with van der Waals surface area (Å²) in [5.41, 5.74) is -0.0890. The molecule has 0 radical (unpaired) electrons. The summed E-state index contributed by atoms with van der Waals surface area (Å²) in [6.45, 7) is 0. The molecule has 0 heterocycles. The molecule has 2 N–H and O–H groups in total. The van der Waals surface area contributed by atoms with Gasteiger partial charge in [-0.15, -0.1) is 11.8 Å². The molecule has 114 valence electrons. The third-order valence-electron chi connectivity index (χ3n) is 2.22. The van der Waals surface area contributed by atoms with Gasteiger partial charge in [0.15, 0.2) is 0 Å². The maximum absolute atomic E-state index is 13.8. The molecule has 0 spiro atoms. The number of hydrogen-bond acceptors (Lipinski definition) is 6. The smallest absolute Gasteiger partial charge is 0.315 e. The van der Waals surface area contributed by atoms with Crippen LogP contribution >= 0.6 is 35.8 Å². The van der Waals surface area contributed by atoms with Gasteiger partial charge >= 0.3 is 5.97 Å². The first-order valence-corrected chi connectivity index (χ1v) is 7.12. The Morgan fingerprint density at radius 2 is 2.29 bits per heavy atom. The third-order valence-corrected chi connectivity index (χ3v) is 4.02. The Bertz CT molecular complexity index is 562. The van der Waals surface area contributed by atoms with Gasteiger partial charge in [-0.05, 0) is 30.4 Å².